The number of ether oxygens (including phenoxy) is 1. The molecule has 15 heavy (non-hydrogen) atoms. The minimum atomic E-state index is 0.167. The number of rotatable bonds is 2. The van der Waals surface area contributed by atoms with E-state index in [4.69, 9.17) is 16.3 Å². The Bertz CT molecular complexity index is 477. The van der Waals surface area contributed by atoms with E-state index in [0.717, 1.165) is 0 Å². The predicted octanol–water partition coefficient (Wildman–Crippen LogP) is 1.60. The summed E-state index contributed by atoms with van der Waals surface area (Å²) in [6.45, 7) is 0. The molecule has 2 heterocycles. The van der Waals surface area contributed by atoms with E-state index in [-0.39, 0.29) is 5.28 Å². The molecule has 2 aromatic heterocycles. The largest absolute Gasteiger partial charge is 0.479 e. The summed E-state index contributed by atoms with van der Waals surface area (Å²) >= 11 is 5.68. The van der Waals surface area contributed by atoms with Crippen molar-refractivity contribution in [3.8, 4) is 17.3 Å². The molecule has 0 radical (unpaired) electrons. The molecule has 5 nitrogen and oxygen atoms in total. The molecule has 6 heteroatoms. The van der Waals surface area contributed by atoms with Crippen LogP contribution in [-0.4, -0.2) is 27.0 Å². The van der Waals surface area contributed by atoms with Crippen LogP contribution in [0.15, 0.2) is 24.7 Å². The van der Waals surface area contributed by atoms with Crippen molar-refractivity contribution in [2.75, 3.05) is 7.11 Å². The molecule has 0 saturated carbocycles. The lowest BCUT2D eigenvalue weighted by Crippen LogP contribution is -1.96. The number of hydrogen-bond donors (Lipinski definition) is 0. The lowest BCUT2D eigenvalue weighted by atomic mass is 10.3. The van der Waals surface area contributed by atoms with Crippen molar-refractivity contribution in [3.63, 3.8) is 0 Å². The SMILES string of the molecule is COc1nccnc1-c1ccnc(Cl)n1. The zero-order chi connectivity index (χ0) is 10.7. The number of methoxy groups -OCH3 is 1. The number of halogens is 1. The van der Waals surface area contributed by atoms with Gasteiger partial charge in [0.2, 0.25) is 11.2 Å². The van der Waals surface area contributed by atoms with Crippen molar-refractivity contribution in [2.24, 2.45) is 0 Å². The summed E-state index contributed by atoms with van der Waals surface area (Å²) in [6.07, 6.45) is 4.66. The van der Waals surface area contributed by atoms with E-state index >= 15 is 0 Å². The quantitative estimate of drug-likeness (QED) is 0.723. The minimum Gasteiger partial charge on any atom is -0.479 e. The fourth-order valence-electron chi connectivity index (χ4n) is 1.12. The number of nitrogens with zero attached hydrogens (tertiary/aromatic N) is 4. The van der Waals surface area contributed by atoms with Crippen LogP contribution in [0.2, 0.25) is 5.28 Å². The highest BCUT2D eigenvalue weighted by Gasteiger charge is 2.09. The third-order valence-electron chi connectivity index (χ3n) is 1.73. The van der Waals surface area contributed by atoms with Gasteiger partial charge in [0.1, 0.15) is 0 Å². The third-order valence-corrected chi connectivity index (χ3v) is 1.91. The summed E-state index contributed by atoms with van der Waals surface area (Å²) in [7, 11) is 1.52. The van der Waals surface area contributed by atoms with Gasteiger partial charge in [-0.3, -0.25) is 0 Å². The molecule has 2 rings (SSSR count). The monoisotopic (exact) mass is 222 g/mol. The highest BCUT2D eigenvalue weighted by Crippen LogP contribution is 2.23. The van der Waals surface area contributed by atoms with Crippen LogP contribution in [0.25, 0.3) is 11.4 Å². The summed E-state index contributed by atoms with van der Waals surface area (Å²) in [4.78, 5) is 15.9. The van der Waals surface area contributed by atoms with Gasteiger partial charge in [0.25, 0.3) is 0 Å². The van der Waals surface area contributed by atoms with Crippen molar-refractivity contribution >= 4 is 11.6 Å². The molecule has 0 aromatic carbocycles. The fraction of sp³-hybridized carbons (Fsp3) is 0.111. The zero-order valence-electron chi connectivity index (χ0n) is 7.88. The lowest BCUT2D eigenvalue weighted by Gasteiger charge is -2.04. The van der Waals surface area contributed by atoms with Crippen molar-refractivity contribution in [2.45, 2.75) is 0 Å². The first-order chi connectivity index (χ1) is 7.31. The van der Waals surface area contributed by atoms with E-state index in [1.807, 2.05) is 0 Å². The summed E-state index contributed by atoms with van der Waals surface area (Å²) in [5, 5.41) is 0.167. The highest BCUT2D eigenvalue weighted by atomic mass is 35.5. The lowest BCUT2D eigenvalue weighted by molar-refractivity contribution is 0.397. The Morgan fingerprint density at radius 1 is 1.13 bits per heavy atom. The van der Waals surface area contributed by atoms with Crippen molar-refractivity contribution in [1.82, 2.24) is 19.9 Å². The van der Waals surface area contributed by atoms with Gasteiger partial charge in [0.15, 0.2) is 5.69 Å². The van der Waals surface area contributed by atoms with Crippen LogP contribution in [0.5, 0.6) is 5.88 Å². The van der Waals surface area contributed by atoms with E-state index in [1.54, 1.807) is 24.7 Å². The van der Waals surface area contributed by atoms with E-state index in [1.165, 1.54) is 7.11 Å². The smallest absolute Gasteiger partial charge is 0.241 e. The second kappa shape index (κ2) is 4.18. The first-order valence-corrected chi connectivity index (χ1v) is 4.53. The zero-order valence-corrected chi connectivity index (χ0v) is 8.64. The molecule has 0 aliphatic carbocycles. The van der Waals surface area contributed by atoms with Gasteiger partial charge in [-0.15, -0.1) is 0 Å². The topological polar surface area (TPSA) is 60.8 Å². The molecule has 0 aliphatic rings. The van der Waals surface area contributed by atoms with Crippen molar-refractivity contribution < 1.29 is 4.74 Å². The average Bonchev–Trinajstić information content (AvgIpc) is 2.29. The molecule has 0 spiro atoms. The molecular weight excluding hydrogens is 216 g/mol. The van der Waals surface area contributed by atoms with Gasteiger partial charge < -0.3 is 4.74 Å². The van der Waals surface area contributed by atoms with Crippen molar-refractivity contribution in [3.05, 3.63) is 29.9 Å². The fourth-order valence-corrected chi connectivity index (χ4v) is 1.26. The van der Waals surface area contributed by atoms with Crippen LogP contribution in [-0.2, 0) is 0 Å². The van der Waals surface area contributed by atoms with E-state index in [9.17, 15) is 0 Å². The predicted molar refractivity (Wildman–Crippen MR) is 54.6 cm³/mol. The summed E-state index contributed by atoms with van der Waals surface area (Å²) in [5.41, 5.74) is 1.13. The Hall–Kier alpha value is -1.75. The first kappa shape index (κ1) is 9.79. The van der Waals surface area contributed by atoms with Crippen LogP contribution in [0, 0.1) is 0 Å². The van der Waals surface area contributed by atoms with E-state index in [2.05, 4.69) is 19.9 Å². The first-order valence-electron chi connectivity index (χ1n) is 4.15. The molecule has 0 unspecified atom stereocenters. The molecule has 0 bridgehead atoms. The van der Waals surface area contributed by atoms with E-state index in [0.29, 0.717) is 17.3 Å². The molecule has 0 fully saturated rings. The highest BCUT2D eigenvalue weighted by molar-refractivity contribution is 6.28. The normalized spacial score (nSPS) is 10.0. The number of aromatic nitrogens is 4. The molecule has 0 atom stereocenters. The van der Waals surface area contributed by atoms with Gasteiger partial charge in [0.05, 0.1) is 12.8 Å². The molecule has 76 valence electrons. The Balaban J connectivity index is 2.53. The Morgan fingerprint density at radius 3 is 2.67 bits per heavy atom. The van der Waals surface area contributed by atoms with Crippen molar-refractivity contribution in [1.29, 1.82) is 0 Å². The standard InChI is InChI=1S/C9H7ClN4O/c1-15-8-7(11-4-5-12-8)6-2-3-13-9(10)14-6/h2-5H,1H3. The van der Waals surface area contributed by atoms with Crippen LogP contribution < -0.4 is 4.74 Å². The van der Waals surface area contributed by atoms with Gasteiger partial charge in [-0.2, -0.15) is 0 Å². The molecular formula is C9H7ClN4O. The summed E-state index contributed by atoms with van der Waals surface area (Å²) in [6, 6.07) is 1.69. The maximum Gasteiger partial charge on any atom is 0.241 e. The Labute approximate surface area is 91.1 Å². The Morgan fingerprint density at radius 2 is 1.93 bits per heavy atom. The molecule has 0 saturated heterocycles. The van der Waals surface area contributed by atoms with Crippen LogP contribution in [0.4, 0.5) is 0 Å². The summed E-state index contributed by atoms with van der Waals surface area (Å²) in [5.74, 6) is 0.410. The number of hydrogen-bond acceptors (Lipinski definition) is 5. The summed E-state index contributed by atoms with van der Waals surface area (Å²) < 4.78 is 5.06. The second-order valence-corrected chi connectivity index (χ2v) is 2.96. The van der Waals surface area contributed by atoms with Gasteiger partial charge >= 0.3 is 0 Å². The molecule has 0 aliphatic heterocycles. The Kier molecular flexibility index (Phi) is 2.73. The molecule has 2 aromatic rings. The van der Waals surface area contributed by atoms with Crippen LogP contribution >= 0.6 is 11.6 Å². The average molecular weight is 223 g/mol. The minimum absolute atomic E-state index is 0.167. The molecule has 0 N–H and O–H groups in total. The third kappa shape index (κ3) is 2.02. The van der Waals surface area contributed by atoms with E-state index < -0.39 is 0 Å². The van der Waals surface area contributed by atoms with Gasteiger partial charge in [-0.1, -0.05) is 0 Å². The maximum absolute atomic E-state index is 5.68. The maximum atomic E-state index is 5.68. The second-order valence-electron chi connectivity index (χ2n) is 2.63. The van der Waals surface area contributed by atoms with Crippen LogP contribution in [0.1, 0.15) is 0 Å². The van der Waals surface area contributed by atoms with Gasteiger partial charge in [-0.25, -0.2) is 19.9 Å². The molecule has 0 amide bonds. The van der Waals surface area contributed by atoms with Gasteiger partial charge in [0, 0.05) is 18.6 Å². The van der Waals surface area contributed by atoms with Crippen LogP contribution in [0.3, 0.4) is 0 Å². The van der Waals surface area contributed by atoms with Gasteiger partial charge in [-0.05, 0) is 17.7 Å².